The molecule has 1 aromatic heterocycles. The molecule has 1 heterocycles. The van der Waals surface area contributed by atoms with Crippen molar-refractivity contribution in [3.63, 3.8) is 0 Å². The van der Waals surface area contributed by atoms with E-state index >= 15 is 0 Å². The zero-order valence-electron chi connectivity index (χ0n) is 8.45. The van der Waals surface area contributed by atoms with Crippen LogP contribution in [0.25, 0.3) is 11.3 Å². The molecule has 0 saturated carbocycles. The lowest BCUT2D eigenvalue weighted by atomic mass is 10.1. The SMILES string of the molecule is Cn1nc(-c2ccc(Cl)c(Cl)c2)ccc1=O. The second kappa shape index (κ2) is 4.28. The van der Waals surface area contributed by atoms with E-state index in [1.165, 1.54) is 10.7 Å². The fourth-order valence-electron chi connectivity index (χ4n) is 1.31. The smallest absolute Gasteiger partial charge is 0.266 e. The second-order valence-corrected chi connectivity index (χ2v) is 4.12. The van der Waals surface area contributed by atoms with Gasteiger partial charge in [0.2, 0.25) is 0 Å². The Bertz CT molecular complexity index is 593. The molecule has 0 aliphatic heterocycles. The molecule has 0 atom stereocenters. The third kappa shape index (κ3) is 2.10. The van der Waals surface area contributed by atoms with Crippen molar-refractivity contribution in [2.75, 3.05) is 0 Å². The molecule has 0 aliphatic rings. The summed E-state index contributed by atoms with van der Waals surface area (Å²) in [4.78, 5) is 11.2. The van der Waals surface area contributed by atoms with E-state index in [1.807, 2.05) is 0 Å². The summed E-state index contributed by atoms with van der Waals surface area (Å²) in [6.07, 6.45) is 0. The highest BCUT2D eigenvalue weighted by Crippen LogP contribution is 2.26. The average molecular weight is 255 g/mol. The molecule has 5 heteroatoms. The van der Waals surface area contributed by atoms with Crippen LogP contribution in [0.5, 0.6) is 0 Å². The van der Waals surface area contributed by atoms with E-state index in [0.717, 1.165) is 5.56 Å². The van der Waals surface area contributed by atoms with Crippen LogP contribution in [0.15, 0.2) is 35.1 Å². The predicted molar refractivity (Wildman–Crippen MR) is 64.9 cm³/mol. The molecule has 2 rings (SSSR count). The fourth-order valence-corrected chi connectivity index (χ4v) is 1.61. The highest BCUT2D eigenvalue weighted by molar-refractivity contribution is 6.42. The third-order valence-corrected chi connectivity index (χ3v) is 2.91. The van der Waals surface area contributed by atoms with Crippen molar-refractivity contribution in [2.24, 2.45) is 7.05 Å². The van der Waals surface area contributed by atoms with Gasteiger partial charge in [0, 0.05) is 18.7 Å². The molecule has 0 bridgehead atoms. The Morgan fingerprint density at radius 1 is 1.12 bits per heavy atom. The van der Waals surface area contributed by atoms with Gasteiger partial charge in [0.05, 0.1) is 15.7 Å². The Morgan fingerprint density at radius 2 is 1.88 bits per heavy atom. The van der Waals surface area contributed by atoms with E-state index in [4.69, 9.17) is 23.2 Å². The van der Waals surface area contributed by atoms with E-state index < -0.39 is 0 Å². The van der Waals surface area contributed by atoms with Gasteiger partial charge in [0.25, 0.3) is 5.56 Å². The number of halogens is 2. The first-order valence-electron chi connectivity index (χ1n) is 4.58. The summed E-state index contributed by atoms with van der Waals surface area (Å²) in [7, 11) is 1.60. The lowest BCUT2D eigenvalue weighted by Gasteiger charge is -2.03. The van der Waals surface area contributed by atoms with Gasteiger partial charge in [0.1, 0.15) is 0 Å². The first-order valence-corrected chi connectivity index (χ1v) is 5.33. The van der Waals surface area contributed by atoms with Crippen molar-refractivity contribution in [1.82, 2.24) is 9.78 Å². The molecule has 0 aliphatic carbocycles. The molecule has 0 unspecified atom stereocenters. The molecule has 2 aromatic rings. The van der Waals surface area contributed by atoms with Crippen molar-refractivity contribution in [2.45, 2.75) is 0 Å². The lowest BCUT2D eigenvalue weighted by Crippen LogP contribution is -2.18. The Labute approximate surface area is 102 Å². The number of nitrogens with zero attached hydrogens (tertiary/aromatic N) is 2. The van der Waals surface area contributed by atoms with Crippen LogP contribution in [0.2, 0.25) is 10.0 Å². The lowest BCUT2D eigenvalue weighted by molar-refractivity contribution is 0.712. The van der Waals surface area contributed by atoms with E-state index in [2.05, 4.69) is 5.10 Å². The van der Waals surface area contributed by atoms with Gasteiger partial charge in [-0.15, -0.1) is 0 Å². The number of hydrogen-bond acceptors (Lipinski definition) is 2. The van der Waals surface area contributed by atoms with Crippen molar-refractivity contribution in [1.29, 1.82) is 0 Å². The number of aromatic nitrogens is 2. The highest BCUT2D eigenvalue weighted by atomic mass is 35.5. The summed E-state index contributed by atoms with van der Waals surface area (Å²) < 4.78 is 1.28. The van der Waals surface area contributed by atoms with Crippen molar-refractivity contribution < 1.29 is 0 Å². The molecule has 82 valence electrons. The molecule has 0 spiro atoms. The van der Waals surface area contributed by atoms with Crippen LogP contribution in [0, 0.1) is 0 Å². The first kappa shape index (κ1) is 11.2. The monoisotopic (exact) mass is 254 g/mol. The standard InChI is InChI=1S/C11H8Cl2N2O/c1-15-11(16)5-4-10(14-15)7-2-3-8(12)9(13)6-7/h2-6H,1H3. The number of rotatable bonds is 1. The van der Waals surface area contributed by atoms with E-state index in [1.54, 1.807) is 31.3 Å². The van der Waals surface area contributed by atoms with Crippen LogP contribution in [0.3, 0.4) is 0 Å². The van der Waals surface area contributed by atoms with Crippen LogP contribution in [0.4, 0.5) is 0 Å². The minimum atomic E-state index is -0.149. The molecule has 0 N–H and O–H groups in total. The van der Waals surface area contributed by atoms with Crippen LogP contribution >= 0.6 is 23.2 Å². The van der Waals surface area contributed by atoms with Gasteiger partial charge >= 0.3 is 0 Å². The molecular weight excluding hydrogens is 247 g/mol. The number of hydrogen-bond donors (Lipinski definition) is 0. The Morgan fingerprint density at radius 3 is 2.50 bits per heavy atom. The molecule has 3 nitrogen and oxygen atoms in total. The topological polar surface area (TPSA) is 34.9 Å². The maximum atomic E-state index is 11.2. The second-order valence-electron chi connectivity index (χ2n) is 3.31. The van der Waals surface area contributed by atoms with Gasteiger partial charge in [-0.3, -0.25) is 4.79 Å². The molecule has 0 amide bonds. The summed E-state index contributed by atoms with van der Waals surface area (Å²) in [5.74, 6) is 0. The molecule has 0 saturated heterocycles. The molecule has 0 fully saturated rings. The Hall–Kier alpha value is -1.32. The molecule has 16 heavy (non-hydrogen) atoms. The fraction of sp³-hybridized carbons (Fsp3) is 0.0909. The largest absolute Gasteiger partial charge is 0.268 e. The minimum Gasteiger partial charge on any atom is -0.268 e. The van der Waals surface area contributed by atoms with Crippen LogP contribution in [-0.4, -0.2) is 9.78 Å². The van der Waals surface area contributed by atoms with Crippen molar-refractivity contribution >= 4 is 23.2 Å². The molecule has 1 aromatic carbocycles. The Balaban J connectivity index is 2.54. The van der Waals surface area contributed by atoms with E-state index in [9.17, 15) is 4.79 Å². The summed E-state index contributed by atoms with van der Waals surface area (Å²) in [6.45, 7) is 0. The van der Waals surface area contributed by atoms with Crippen LogP contribution < -0.4 is 5.56 Å². The van der Waals surface area contributed by atoms with E-state index in [-0.39, 0.29) is 5.56 Å². The van der Waals surface area contributed by atoms with Gasteiger partial charge in [0.15, 0.2) is 0 Å². The van der Waals surface area contributed by atoms with Gasteiger partial charge in [-0.2, -0.15) is 5.10 Å². The highest BCUT2D eigenvalue weighted by Gasteiger charge is 2.04. The normalized spacial score (nSPS) is 10.4. The maximum Gasteiger partial charge on any atom is 0.266 e. The zero-order valence-corrected chi connectivity index (χ0v) is 9.96. The van der Waals surface area contributed by atoms with Crippen molar-refractivity contribution in [3.05, 3.63) is 50.7 Å². The summed E-state index contributed by atoms with van der Waals surface area (Å²) in [6, 6.07) is 8.34. The van der Waals surface area contributed by atoms with Gasteiger partial charge in [-0.25, -0.2) is 4.68 Å². The third-order valence-electron chi connectivity index (χ3n) is 2.18. The molecule has 0 radical (unpaired) electrons. The van der Waals surface area contributed by atoms with Crippen molar-refractivity contribution in [3.8, 4) is 11.3 Å². The number of benzene rings is 1. The van der Waals surface area contributed by atoms with Gasteiger partial charge < -0.3 is 0 Å². The minimum absolute atomic E-state index is 0.149. The first-order chi connectivity index (χ1) is 7.58. The average Bonchev–Trinajstić information content (AvgIpc) is 2.26. The van der Waals surface area contributed by atoms with E-state index in [0.29, 0.717) is 15.7 Å². The zero-order chi connectivity index (χ0) is 11.7. The van der Waals surface area contributed by atoms with Crippen LogP contribution in [0.1, 0.15) is 0 Å². The van der Waals surface area contributed by atoms with Gasteiger partial charge in [-0.1, -0.05) is 29.3 Å². The maximum absolute atomic E-state index is 11.2. The number of aryl methyl sites for hydroxylation is 1. The summed E-state index contributed by atoms with van der Waals surface area (Å²) in [5, 5.41) is 5.08. The Kier molecular flexibility index (Phi) is 2.99. The van der Waals surface area contributed by atoms with Crippen LogP contribution in [-0.2, 0) is 7.05 Å². The summed E-state index contributed by atoms with van der Waals surface area (Å²) >= 11 is 11.7. The summed E-state index contributed by atoms with van der Waals surface area (Å²) in [5.41, 5.74) is 1.36. The quantitative estimate of drug-likeness (QED) is 0.785. The van der Waals surface area contributed by atoms with Gasteiger partial charge in [-0.05, 0) is 18.2 Å². The predicted octanol–water partition coefficient (Wildman–Crippen LogP) is 2.75. The molecular formula is C11H8Cl2N2O.